The van der Waals surface area contributed by atoms with E-state index in [4.69, 9.17) is 0 Å². The van der Waals surface area contributed by atoms with Crippen LogP contribution in [0.25, 0.3) is 0 Å². The van der Waals surface area contributed by atoms with E-state index in [1.165, 1.54) is 0 Å². The summed E-state index contributed by atoms with van der Waals surface area (Å²) in [4.78, 5) is 14.4. The predicted molar refractivity (Wildman–Crippen MR) is 43.8 cm³/mol. The highest BCUT2D eigenvalue weighted by Gasteiger charge is 2.10. The van der Waals surface area contributed by atoms with Crippen molar-refractivity contribution < 1.29 is 9.90 Å². The summed E-state index contributed by atoms with van der Waals surface area (Å²) in [5.74, 6) is 0.314. The minimum absolute atomic E-state index is 0.0381. The van der Waals surface area contributed by atoms with Crippen molar-refractivity contribution in [3.8, 4) is 0 Å². The fraction of sp³-hybridized carbons (Fsp3) is 0.625. The second-order valence-corrected chi connectivity index (χ2v) is 3.08. The van der Waals surface area contributed by atoms with Crippen molar-refractivity contribution in [1.29, 1.82) is 0 Å². The van der Waals surface area contributed by atoms with Crippen LogP contribution in [-0.4, -0.2) is 20.7 Å². The molecule has 5 nitrogen and oxygen atoms in total. The molecule has 0 N–H and O–H groups in total. The van der Waals surface area contributed by atoms with Crippen LogP contribution in [0.3, 0.4) is 0 Å². The summed E-state index contributed by atoms with van der Waals surface area (Å²) in [7, 11) is 0. The van der Waals surface area contributed by atoms with Gasteiger partial charge in [-0.15, -0.1) is 0 Å². The number of rotatable bonds is 3. The first-order valence-electron chi connectivity index (χ1n) is 4.10. The molecule has 72 valence electrons. The standard InChI is InChI=1S/C8H13N3O2/c1-5(4-8(12)13)11-7(3)9-6(2)10-11/h5H,4H2,1-3H3,(H,12,13)/p-1. The fourth-order valence-electron chi connectivity index (χ4n) is 1.28. The molecule has 1 atom stereocenters. The molecule has 0 amide bonds. The zero-order valence-corrected chi connectivity index (χ0v) is 7.94. The van der Waals surface area contributed by atoms with Crippen molar-refractivity contribution in [2.24, 2.45) is 0 Å². The molecule has 0 saturated heterocycles. The second-order valence-electron chi connectivity index (χ2n) is 3.08. The van der Waals surface area contributed by atoms with E-state index in [2.05, 4.69) is 10.1 Å². The van der Waals surface area contributed by atoms with Gasteiger partial charge < -0.3 is 9.90 Å². The Labute approximate surface area is 76.4 Å². The van der Waals surface area contributed by atoms with Gasteiger partial charge >= 0.3 is 0 Å². The maximum absolute atomic E-state index is 10.3. The number of nitrogens with zero attached hydrogens (tertiary/aromatic N) is 3. The lowest BCUT2D eigenvalue weighted by atomic mass is 10.2. The molecular weight excluding hydrogens is 170 g/mol. The van der Waals surface area contributed by atoms with Crippen LogP contribution in [0.1, 0.15) is 31.0 Å². The van der Waals surface area contributed by atoms with Crippen molar-refractivity contribution in [3.63, 3.8) is 0 Å². The molecule has 0 fully saturated rings. The number of carboxylic acids is 1. The zero-order chi connectivity index (χ0) is 10.0. The maximum Gasteiger partial charge on any atom is 0.147 e. The van der Waals surface area contributed by atoms with Crippen molar-refractivity contribution in [1.82, 2.24) is 14.8 Å². The van der Waals surface area contributed by atoms with Gasteiger partial charge in [0.15, 0.2) is 0 Å². The van der Waals surface area contributed by atoms with Crippen molar-refractivity contribution in [3.05, 3.63) is 11.6 Å². The Balaban J connectivity index is 2.81. The van der Waals surface area contributed by atoms with Gasteiger partial charge in [-0.3, -0.25) is 0 Å². The minimum atomic E-state index is -1.07. The van der Waals surface area contributed by atoms with Crippen molar-refractivity contribution >= 4 is 5.97 Å². The SMILES string of the molecule is Cc1nc(C)n(C(C)CC(=O)[O-])n1. The van der Waals surface area contributed by atoms with Crippen LogP contribution < -0.4 is 5.11 Å². The Morgan fingerprint density at radius 3 is 2.62 bits per heavy atom. The summed E-state index contributed by atoms with van der Waals surface area (Å²) >= 11 is 0. The second kappa shape index (κ2) is 3.55. The number of carbonyl (C=O) groups is 1. The largest absolute Gasteiger partial charge is 0.550 e. The molecule has 1 aromatic heterocycles. The number of aliphatic carboxylic acids is 1. The van der Waals surface area contributed by atoms with Gasteiger partial charge in [0.1, 0.15) is 11.6 Å². The van der Waals surface area contributed by atoms with Crippen LogP contribution in [0.15, 0.2) is 0 Å². The smallest absolute Gasteiger partial charge is 0.147 e. The van der Waals surface area contributed by atoms with Crippen LogP contribution in [0.4, 0.5) is 0 Å². The van der Waals surface area contributed by atoms with E-state index in [-0.39, 0.29) is 12.5 Å². The Hall–Kier alpha value is -1.39. The number of carboxylic acid groups (broad SMARTS) is 1. The summed E-state index contributed by atoms with van der Waals surface area (Å²) in [6, 6.07) is -0.203. The van der Waals surface area contributed by atoms with Crippen LogP contribution in [0.2, 0.25) is 0 Å². The van der Waals surface area contributed by atoms with Crippen LogP contribution in [0, 0.1) is 13.8 Å². The highest BCUT2D eigenvalue weighted by atomic mass is 16.4. The van der Waals surface area contributed by atoms with E-state index in [0.717, 1.165) is 5.82 Å². The van der Waals surface area contributed by atoms with Crippen molar-refractivity contribution in [2.45, 2.75) is 33.2 Å². The van der Waals surface area contributed by atoms with E-state index in [1.54, 1.807) is 25.5 Å². The number of hydrogen-bond donors (Lipinski definition) is 0. The summed E-state index contributed by atoms with van der Waals surface area (Å²) in [5, 5.41) is 14.4. The molecule has 0 radical (unpaired) electrons. The molecule has 1 heterocycles. The highest BCUT2D eigenvalue weighted by Crippen LogP contribution is 2.10. The number of aromatic nitrogens is 3. The quantitative estimate of drug-likeness (QED) is 0.637. The zero-order valence-electron chi connectivity index (χ0n) is 7.94. The third-order valence-corrected chi connectivity index (χ3v) is 1.79. The Morgan fingerprint density at radius 1 is 1.62 bits per heavy atom. The molecule has 0 aliphatic rings. The number of carbonyl (C=O) groups excluding carboxylic acids is 1. The average Bonchev–Trinajstić information content (AvgIpc) is 2.28. The van der Waals surface area contributed by atoms with Gasteiger partial charge in [0, 0.05) is 12.4 Å². The Kier molecular flexibility index (Phi) is 2.65. The molecule has 0 aliphatic carbocycles. The van der Waals surface area contributed by atoms with E-state index in [0.29, 0.717) is 5.82 Å². The highest BCUT2D eigenvalue weighted by molar-refractivity contribution is 5.64. The Bertz CT molecular complexity index is 319. The van der Waals surface area contributed by atoms with Gasteiger partial charge in [0.05, 0.1) is 6.04 Å². The lowest BCUT2D eigenvalue weighted by Gasteiger charge is -2.13. The van der Waals surface area contributed by atoms with Crippen LogP contribution >= 0.6 is 0 Å². The first-order chi connectivity index (χ1) is 6.00. The minimum Gasteiger partial charge on any atom is -0.550 e. The third kappa shape index (κ3) is 2.27. The monoisotopic (exact) mass is 182 g/mol. The van der Waals surface area contributed by atoms with E-state index >= 15 is 0 Å². The molecule has 0 aliphatic heterocycles. The first-order valence-corrected chi connectivity index (χ1v) is 4.10. The molecule has 1 unspecified atom stereocenters. The van der Waals surface area contributed by atoms with E-state index in [1.807, 2.05) is 0 Å². The lowest BCUT2D eigenvalue weighted by molar-refractivity contribution is -0.306. The molecule has 0 bridgehead atoms. The molecule has 5 heteroatoms. The number of aryl methyl sites for hydroxylation is 2. The van der Waals surface area contributed by atoms with Gasteiger partial charge in [-0.1, -0.05) is 0 Å². The molecule has 13 heavy (non-hydrogen) atoms. The lowest BCUT2D eigenvalue weighted by Crippen LogP contribution is -2.26. The summed E-state index contributed by atoms with van der Waals surface area (Å²) in [6.07, 6.45) is -0.0381. The van der Waals surface area contributed by atoms with Gasteiger partial charge in [-0.2, -0.15) is 5.10 Å². The first kappa shape index (κ1) is 9.70. The molecular formula is C8H12N3O2-. The van der Waals surface area contributed by atoms with Gasteiger partial charge in [-0.25, -0.2) is 9.67 Å². The molecule has 1 rings (SSSR count). The van der Waals surface area contributed by atoms with Crippen LogP contribution in [-0.2, 0) is 4.79 Å². The van der Waals surface area contributed by atoms with Crippen molar-refractivity contribution in [2.75, 3.05) is 0 Å². The topological polar surface area (TPSA) is 70.8 Å². The summed E-state index contributed by atoms with van der Waals surface area (Å²) in [5.41, 5.74) is 0. The van der Waals surface area contributed by atoms with Gasteiger partial charge in [0.2, 0.25) is 0 Å². The molecule has 0 aromatic carbocycles. The summed E-state index contributed by atoms with van der Waals surface area (Å²) in [6.45, 7) is 5.35. The fourth-order valence-corrected chi connectivity index (χ4v) is 1.28. The normalized spacial score (nSPS) is 12.8. The third-order valence-electron chi connectivity index (χ3n) is 1.79. The number of hydrogen-bond acceptors (Lipinski definition) is 4. The molecule has 0 spiro atoms. The van der Waals surface area contributed by atoms with Gasteiger partial charge in [-0.05, 0) is 20.8 Å². The molecule has 0 saturated carbocycles. The molecule has 1 aromatic rings. The van der Waals surface area contributed by atoms with E-state index in [9.17, 15) is 9.90 Å². The van der Waals surface area contributed by atoms with Crippen LogP contribution in [0.5, 0.6) is 0 Å². The van der Waals surface area contributed by atoms with Gasteiger partial charge in [0.25, 0.3) is 0 Å². The predicted octanol–water partition coefficient (Wildman–Crippen LogP) is -0.404. The summed E-state index contributed by atoms with van der Waals surface area (Å²) < 4.78 is 1.60. The van der Waals surface area contributed by atoms with E-state index < -0.39 is 5.97 Å². The maximum atomic E-state index is 10.3. The average molecular weight is 182 g/mol. The Morgan fingerprint density at radius 2 is 2.23 bits per heavy atom.